The van der Waals surface area contributed by atoms with Gasteiger partial charge in [0.15, 0.2) is 6.10 Å². The molecule has 7 nitrogen and oxygen atoms in total. The highest BCUT2D eigenvalue weighted by Gasteiger charge is 2.60. The van der Waals surface area contributed by atoms with E-state index < -0.39 is 24.0 Å². The first-order valence-electron chi connectivity index (χ1n) is 11.0. The van der Waals surface area contributed by atoms with Crippen LogP contribution >= 0.6 is 0 Å². The third-order valence-electron chi connectivity index (χ3n) is 5.91. The van der Waals surface area contributed by atoms with Crippen LogP contribution in [0.2, 0.25) is 0 Å². The molecular weight excluding hydrogens is 420 g/mol. The molecule has 0 aliphatic carbocycles. The largest absolute Gasteiger partial charge is 0.508 e. The third kappa shape index (κ3) is 3.70. The quantitative estimate of drug-likeness (QED) is 0.573. The topological polar surface area (TPSA) is 79.3 Å². The summed E-state index contributed by atoms with van der Waals surface area (Å²) in [5.41, 5.74) is 1.90. The molecule has 0 unspecified atom stereocenters. The zero-order chi connectivity index (χ0) is 22.9. The average molecular weight is 444 g/mol. The fourth-order valence-corrected chi connectivity index (χ4v) is 4.43. The molecule has 2 heterocycles. The lowest BCUT2D eigenvalue weighted by molar-refractivity contribution is -0.126. The number of para-hydroxylation sites is 1. The molecule has 2 saturated heterocycles. The molecule has 2 amide bonds. The number of hydroxylamine groups is 1. The molecule has 2 aliphatic rings. The van der Waals surface area contributed by atoms with Crippen molar-refractivity contribution in [2.75, 3.05) is 16.6 Å². The Morgan fingerprint density at radius 3 is 2.36 bits per heavy atom. The summed E-state index contributed by atoms with van der Waals surface area (Å²) < 4.78 is 5.61. The van der Waals surface area contributed by atoms with Crippen LogP contribution in [0.15, 0.2) is 78.9 Å². The van der Waals surface area contributed by atoms with E-state index in [1.54, 1.807) is 47.5 Å². The molecule has 1 N–H and O–H groups in total. The number of rotatable bonds is 6. The number of carbonyl (C=O) groups excluding carboxylic acids is 2. The first-order valence-corrected chi connectivity index (χ1v) is 11.0. The summed E-state index contributed by atoms with van der Waals surface area (Å²) in [6.07, 6.45) is -0.0686. The van der Waals surface area contributed by atoms with E-state index in [1.165, 1.54) is 4.90 Å². The van der Waals surface area contributed by atoms with Crippen LogP contribution in [-0.4, -0.2) is 29.6 Å². The number of imide groups is 1. The van der Waals surface area contributed by atoms with E-state index in [0.29, 0.717) is 23.6 Å². The van der Waals surface area contributed by atoms with Crippen LogP contribution in [0.1, 0.15) is 24.9 Å². The second kappa shape index (κ2) is 8.60. The van der Waals surface area contributed by atoms with Crippen LogP contribution < -0.4 is 14.7 Å². The maximum Gasteiger partial charge on any atom is 0.266 e. The van der Waals surface area contributed by atoms with E-state index in [9.17, 15) is 14.7 Å². The van der Waals surface area contributed by atoms with E-state index >= 15 is 0 Å². The minimum absolute atomic E-state index is 0.0836. The molecule has 3 aromatic rings. The number of ether oxygens (including phenoxy) is 1. The number of phenols is 1. The van der Waals surface area contributed by atoms with Crippen molar-refractivity contribution in [2.24, 2.45) is 5.92 Å². The maximum atomic E-state index is 13.6. The van der Waals surface area contributed by atoms with Crippen molar-refractivity contribution in [3.8, 4) is 11.5 Å². The third-order valence-corrected chi connectivity index (χ3v) is 5.91. The van der Waals surface area contributed by atoms with Crippen LogP contribution in [0.25, 0.3) is 0 Å². The number of phenolic OH excluding ortho intramolecular Hbond substituents is 1. The summed E-state index contributed by atoms with van der Waals surface area (Å²) in [5.74, 6) is -0.727. The van der Waals surface area contributed by atoms with Gasteiger partial charge in [-0.3, -0.25) is 14.4 Å². The molecule has 168 valence electrons. The van der Waals surface area contributed by atoms with Gasteiger partial charge >= 0.3 is 0 Å². The Bertz CT molecular complexity index is 1160. The van der Waals surface area contributed by atoms with Crippen LogP contribution in [0.5, 0.6) is 11.5 Å². The molecule has 7 heteroatoms. The summed E-state index contributed by atoms with van der Waals surface area (Å²) in [4.78, 5) is 34.2. The normalized spacial score (nSPS) is 22.0. The van der Waals surface area contributed by atoms with Gasteiger partial charge in [0.05, 0.1) is 24.0 Å². The number of benzene rings is 3. The summed E-state index contributed by atoms with van der Waals surface area (Å²) >= 11 is 0. The molecule has 0 aromatic heterocycles. The van der Waals surface area contributed by atoms with Gasteiger partial charge in [0, 0.05) is 0 Å². The number of nitrogens with zero attached hydrogens (tertiary/aromatic N) is 2. The minimum Gasteiger partial charge on any atom is -0.508 e. The fraction of sp³-hybridized carbons (Fsp3) is 0.231. The highest BCUT2D eigenvalue weighted by Crippen LogP contribution is 2.48. The average Bonchev–Trinajstić information content (AvgIpc) is 3.35. The van der Waals surface area contributed by atoms with Gasteiger partial charge in [-0.15, -0.1) is 0 Å². The van der Waals surface area contributed by atoms with Crippen molar-refractivity contribution >= 4 is 23.2 Å². The van der Waals surface area contributed by atoms with E-state index in [4.69, 9.17) is 9.57 Å². The monoisotopic (exact) mass is 444 g/mol. The van der Waals surface area contributed by atoms with Crippen LogP contribution in [0.4, 0.5) is 11.4 Å². The number of hydrogen-bond acceptors (Lipinski definition) is 6. The molecule has 0 radical (unpaired) electrons. The van der Waals surface area contributed by atoms with Crippen LogP contribution in [-0.2, 0) is 14.4 Å². The highest BCUT2D eigenvalue weighted by molar-refractivity contribution is 6.23. The number of amides is 2. The summed E-state index contributed by atoms with van der Waals surface area (Å²) in [6, 6.07) is 22.4. The lowest BCUT2D eigenvalue weighted by atomic mass is 9.90. The second-order valence-corrected chi connectivity index (χ2v) is 8.11. The molecule has 2 fully saturated rings. The molecule has 5 rings (SSSR count). The highest BCUT2D eigenvalue weighted by atomic mass is 16.7. The zero-order valence-electron chi connectivity index (χ0n) is 18.1. The number of fused-ring (bicyclic) bond motifs is 1. The molecule has 3 atom stereocenters. The number of aromatic hydroxyl groups is 1. The van der Waals surface area contributed by atoms with Gasteiger partial charge in [-0.1, -0.05) is 37.3 Å². The fourth-order valence-electron chi connectivity index (χ4n) is 4.43. The SMILES string of the molecule is CCCOc1ccc(N2C(=O)[C@H]3[C@@H](ON(c4ccccc4)[C@H]3c3cccc(O)c3)C2=O)cc1. The molecule has 33 heavy (non-hydrogen) atoms. The molecule has 2 aliphatic heterocycles. The Kier molecular flexibility index (Phi) is 5.48. The maximum absolute atomic E-state index is 13.6. The molecule has 0 spiro atoms. The lowest BCUT2D eigenvalue weighted by Gasteiger charge is -2.28. The smallest absolute Gasteiger partial charge is 0.266 e. The van der Waals surface area contributed by atoms with E-state index in [1.807, 2.05) is 43.3 Å². The number of carbonyl (C=O) groups is 2. The van der Waals surface area contributed by atoms with Crippen molar-refractivity contribution in [1.82, 2.24) is 0 Å². The van der Waals surface area contributed by atoms with Gasteiger partial charge in [0.1, 0.15) is 17.4 Å². The standard InChI is InChI=1S/C26H24N2O5/c1-2-15-32-21-13-11-18(12-14-21)27-25(30)22-23(17-7-6-10-20(29)16-17)28(33-24(22)26(27)31)19-8-4-3-5-9-19/h3-14,16,22-24,29H,2,15H2,1H3/t22-,23+,24-/m1/s1. The first-order chi connectivity index (χ1) is 16.1. The van der Waals surface area contributed by atoms with Crippen LogP contribution in [0, 0.1) is 5.92 Å². The Hall–Kier alpha value is -3.84. The lowest BCUT2D eigenvalue weighted by Crippen LogP contribution is -2.37. The van der Waals surface area contributed by atoms with E-state index in [-0.39, 0.29) is 11.7 Å². The minimum atomic E-state index is -0.957. The van der Waals surface area contributed by atoms with Crippen LogP contribution in [0.3, 0.4) is 0 Å². The summed E-state index contributed by atoms with van der Waals surface area (Å²) in [6.45, 7) is 2.62. The zero-order valence-corrected chi connectivity index (χ0v) is 18.1. The Balaban J connectivity index is 1.50. The second-order valence-electron chi connectivity index (χ2n) is 8.11. The van der Waals surface area contributed by atoms with Crippen molar-refractivity contribution in [3.63, 3.8) is 0 Å². The number of hydrogen-bond donors (Lipinski definition) is 1. The molecule has 3 aromatic carbocycles. The molecule has 0 bridgehead atoms. The number of anilines is 2. The molecule has 0 saturated carbocycles. The van der Waals surface area contributed by atoms with E-state index in [0.717, 1.165) is 12.1 Å². The first kappa shape index (κ1) is 21.0. The molecular formula is C26H24N2O5. The van der Waals surface area contributed by atoms with Crippen molar-refractivity contribution in [2.45, 2.75) is 25.5 Å². The van der Waals surface area contributed by atoms with Gasteiger partial charge in [-0.2, -0.15) is 0 Å². The Morgan fingerprint density at radius 2 is 1.67 bits per heavy atom. The van der Waals surface area contributed by atoms with Gasteiger partial charge in [0.2, 0.25) is 5.91 Å². The van der Waals surface area contributed by atoms with Crippen molar-refractivity contribution in [1.29, 1.82) is 0 Å². The Morgan fingerprint density at radius 1 is 0.909 bits per heavy atom. The summed E-state index contributed by atoms with van der Waals surface area (Å²) in [7, 11) is 0. The van der Waals surface area contributed by atoms with Gasteiger partial charge in [-0.25, -0.2) is 9.96 Å². The van der Waals surface area contributed by atoms with Gasteiger partial charge in [0.25, 0.3) is 5.91 Å². The Labute approximate surface area is 191 Å². The van der Waals surface area contributed by atoms with Gasteiger partial charge in [-0.05, 0) is 60.5 Å². The predicted molar refractivity (Wildman–Crippen MR) is 123 cm³/mol. The van der Waals surface area contributed by atoms with Crippen molar-refractivity contribution in [3.05, 3.63) is 84.4 Å². The van der Waals surface area contributed by atoms with Gasteiger partial charge < -0.3 is 9.84 Å². The van der Waals surface area contributed by atoms with E-state index in [2.05, 4.69) is 0 Å². The summed E-state index contributed by atoms with van der Waals surface area (Å²) in [5, 5.41) is 11.7. The van der Waals surface area contributed by atoms with Crippen molar-refractivity contribution < 1.29 is 24.3 Å². The predicted octanol–water partition coefficient (Wildman–Crippen LogP) is 4.23.